The van der Waals surface area contributed by atoms with Gasteiger partial charge in [-0.2, -0.15) is 0 Å². The van der Waals surface area contributed by atoms with Crippen molar-refractivity contribution in [2.24, 2.45) is 0 Å². The molecule has 1 rings (SSSR count). The molecule has 2 amide bonds. The average Bonchev–Trinajstić information content (AvgIpc) is 2.19. The predicted molar refractivity (Wildman–Crippen MR) is 63.8 cm³/mol. The van der Waals surface area contributed by atoms with Crippen molar-refractivity contribution >= 4 is 47.6 Å². The summed E-state index contributed by atoms with van der Waals surface area (Å²) in [5.41, 5.74) is 0.0640. The second kappa shape index (κ2) is 5.94. The number of hydrogen-bond acceptors (Lipinski definition) is 2. The van der Waals surface area contributed by atoms with Crippen LogP contribution in [0.25, 0.3) is 0 Å². The Hall–Kier alpha value is -0.970. The molecule has 0 aliphatic rings. The first kappa shape index (κ1) is 15.0. The van der Waals surface area contributed by atoms with Gasteiger partial charge in [0, 0.05) is 12.1 Å². The second-order valence-corrected chi connectivity index (χ2v) is 3.61. The molecule has 0 saturated carbocycles. The van der Waals surface area contributed by atoms with Crippen molar-refractivity contribution in [1.82, 2.24) is 4.90 Å². The topological polar surface area (TPSA) is 57.6 Å². The van der Waals surface area contributed by atoms with E-state index in [1.165, 1.54) is 18.2 Å². The van der Waals surface area contributed by atoms with E-state index in [2.05, 4.69) is 0 Å². The summed E-state index contributed by atoms with van der Waals surface area (Å²) in [4.78, 5) is 22.6. The Kier molecular flexibility index (Phi) is 5.58. The van der Waals surface area contributed by atoms with Gasteiger partial charge in [0.2, 0.25) is 0 Å². The molecule has 16 heavy (non-hydrogen) atoms. The molecular weight excluding hydrogens is 276 g/mol. The number of carbonyl (C=O) groups excluding carboxylic acids is 1. The molecule has 0 unspecified atom stereocenters. The maximum absolute atomic E-state index is 11.6. The third-order valence-corrected chi connectivity index (χ3v) is 2.32. The number of nitrogens with zero attached hydrogens (tertiary/aromatic N) is 1. The Morgan fingerprint density at radius 3 is 2.38 bits per heavy atom. The first-order chi connectivity index (χ1) is 6.93. The number of imide groups is 1. The van der Waals surface area contributed by atoms with Crippen molar-refractivity contribution < 1.29 is 14.7 Å². The largest absolute Gasteiger partial charge is 0.465 e. The third-order valence-electron chi connectivity index (χ3n) is 1.75. The minimum atomic E-state index is -1.35. The van der Waals surface area contributed by atoms with E-state index < -0.39 is 12.0 Å². The van der Waals surface area contributed by atoms with E-state index in [1.807, 2.05) is 0 Å². The van der Waals surface area contributed by atoms with Crippen LogP contribution in [0.2, 0.25) is 10.0 Å². The lowest BCUT2D eigenvalue weighted by molar-refractivity contribution is 0.0782. The fourth-order valence-corrected chi connectivity index (χ4v) is 1.30. The van der Waals surface area contributed by atoms with Gasteiger partial charge in [0.15, 0.2) is 0 Å². The zero-order valence-electron chi connectivity index (χ0n) is 8.11. The van der Waals surface area contributed by atoms with Crippen molar-refractivity contribution in [3.8, 4) is 0 Å². The van der Waals surface area contributed by atoms with Crippen LogP contribution in [0.1, 0.15) is 10.4 Å². The highest BCUT2D eigenvalue weighted by molar-refractivity contribution is 6.36. The van der Waals surface area contributed by atoms with Crippen LogP contribution in [0.15, 0.2) is 18.2 Å². The Morgan fingerprint density at radius 2 is 1.88 bits per heavy atom. The van der Waals surface area contributed by atoms with E-state index in [1.54, 1.807) is 0 Å². The summed E-state index contributed by atoms with van der Waals surface area (Å²) in [7, 11) is 1.14. The molecule has 1 aromatic carbocycles. The Balaban J connectivity index is 0.00000225. The molecule has 4 nitrogen and oxygen atoms in total. The Labute approximate surface area is 108 Å². The summed E-state index contributed by atoms with van der Waals surface area (Å²) >= 11 is 11.4. The van der Waals surface area contributed by atoms with Crippen molar-refractivity contribution in [2.75, 3.05) is 7.05 Å². The van der Waals surface area contributed by atoms with Crippen LogP contribution in [0.3, 0.4) is 0 Å². The molecular formula is C9H8Cl3NO3. The van der Waals surface area contributed by atoms with Gasteiger partial charge in [-0.25, -0.2) is 9.69 Å². The normalized spacial score (nSPS) is 9.19. The Morgan fingerprint density at radius 1 is 1.31 bits per heavy atom. The minimum Gasteiger partial charge on any atom is -0.465 e. The van der Waals surface area contributed by atoms with Gasteiger partial charge in [-0.05, 0) is 18.2 Å². The van der Waals surface area contributed by atoms with E-state index in [0.29, 0.717) is 9.92 Å². The molecule has 7 heteroatoms. The van der Waals surface area contributed by atoms with Crippen molar-refractivity contribution in [3.63, 3.8) is 0 Å². The Bertz CT molecular complexity index is 422. The maximum atomic E-state index is 11.6. The lowest BCUT2D eigenvalue weighted by atomic mass is 10.2. The summed E-state index contributed by atoms with van der Waals surface area (Å²) in [6, 6.07) is 4.28. The number of amides is 2. The van der Waals surface area contributed by atoms with E-state index in [9.17, 15) is 9.59 Å². The van der Waals surface area contributed by atoms with E-state index in [4.69, 9.17) is 28.3 Å². The molecule has 0 bridgehead atoms. The molecule has 0 radical (unpaired) electrons. The summed E-state index contributed by atoms with van der Waals surface area (Å²) < 4.78 is 0. The van der Waals surface area contributed by atoms with Crippen LogP contribution in [0.5, 0.6) is 0 Å². The summed E-state index contributed by atoms with van der Waals surface area (Å²) in [5, 5.41) is 9.09. The smallest absolute Gasteiger partial charge is 0.414 e. The van der Waals surface area contributed by atoms with Crippen molar-refractivity contribution in [2.45, 2.75) is 0 Å². The fourth-order valence-electron chi connectivity index (χ4n) is 0.929. The highest BCUT2D eigenvalue weighted by atomic mass is 35.5. The zero-order chi connectivity index (χ0) is 11.6. The van der Waals surface area contributed by atoms with Gasteiger partial charge in [0.05, 0.1) is 10.6 Å². The molecule has 0 heterocycles. The molecule has 0 atom stereocenters. The fraction of sp³-hybridized carbons (Fsp3) is 0.111. The van der Waals surface area contributed by atoms with Gasteiger partial charge in [0.1, 0.15) is 0 Å². The summed E-state index contributed by atoms with van der Waals surface area (Å²) in [6.07, 6.45) is -1.35. The molecule has 0 fully saturated rings. The van der Waals surface area contributed by atoms with E-state index in [-0.39, 0.29) is 23.0 Å². The number of benzene rings is 1. The molecule has 0 spiro atoms. The van der Waals surface area contributed by atoms with Gasteiger partial charge in [-0.1, -0.05) is 23.2 Å². The van der Waals surface area contributed by atoms with Gasteiger partial charge in [-0.3, -0.25) is 4.79 Å². The van der Waals surface area contributed by atoms with Crippen LogP contribution in [0, 0.1) is 0 Å². The molecule has 88 valence electrons. The standard InChI is InChI=1S/C9H7Cl2NO3.ClH/c1-12(9(14)15)8(13)6-4-5(10)2-3-7(6)11;/h2-4H,1H3,(H,14,15);1H. The van der Waals surface area contributed by atoms with E-state index >= 15 is 0 Å². The first-order valence-corrected chi connectivity index (χ1v) is 4.65. The van der Waals surface area contributed by atoms with Crippen LogP contribution in [0.4, 0.5) is 4.79 Å². The highest BCUT2D eigenvalue weighted by Gasteiger charge is 2.20. The monoisotopic (exact) mass is 283 g/mol. The van der Waals surface area contributed by atoms with Crippen LogP contribution >= 0.6 is 35.6 Å². The van der Waals surface area contributed by atoms with Gasteiger partial charge >= 0.3 is 6.09 Å². The number of carbonyl (C=O) groups is 2. The van der Waals surface area contributed by atoms with Crippen LogP contribution in [-0.4, -0.2) is 29.1 Å². The number of rotatable bonds is 1. The summed E-state index contributed by atoms with van der Waals surface area (Å²) in [5.74, 6) is -0.713. The molecule has 0 aliphatic carbocycles. The average molecular weight is 285 g/mol. The quantitative estimate of drug-likeness (QED) is 0.862. The first-order valence-electron chi connectivity index (χ1n) is 3.89. The number of carboxylic acid groups (broad SMARTS) is 1. The van der Waals surface area contributed by atoms with Gasteiger partial charge in [-0.15, -0.1) is 12.4 Å². The lowest BCUT2D eigenvalue weighted by Crippen LogP contribution is -2.31. The van der Waals surface area contributed by atoms with Gasteiger partial charge in [0.25, 0.3) is 5.91 Å². The molecule has 0 aromatic heterocycles. The minimum absolute atomic E-state index is 0. The van der Waals surface area contributed by atoms with Crippen molar-refractivity contribution in [1.29, 1.82) is 0 Å². The van der Waals surface area contributed by atoms with E-state index in [0.717, 1.165) is 7.05 Å². The molecule has 1 aromatic rings. The number of halogens is 3. The number of hydrogen-bond donors (Lipinski definition) is 1. The van der Waals surface area contributed by atoms with Gasteiger partial charge < -0.3 is 5.11 Å². The van der Waals surface area contributed by atoms with Crippen LogP contribution < -0.4 is 0 Å². The second-order valence-electron chi connectivity index (χ2n) is 2.77. The molecule has 0 aliphatic heterocycles. The third kappa shape index (κ3) is 3.27. The SMILES string of the molecule is CN(C(=O)O)C(=O)c1cc(Cl)ccc1Cl.Cl. The predicted octanol–water partition coefficient (Wildman–Crippen LogP) is 3.17. The molecule has 0 saturated heterocycles. The summed E-state index contributed by atoms with van der Waals surface area (Å²) in [6.45, 7) is 0. The maximum Gasteiger partial charge on any atom is 0.414 e. The lowest BCUT2D eigenvalue weighted by Gasteiger charge is -2.12. The highest BCUT2D eigenvalue weighted by Crippen LogP contribution is 2.21. The van der Waals surface area contributed by atoms with Crippen molar-refractivity contribution in [3.05, 3.63) is 33.8 Å². The zero-order valence-corrected chi connectivity index (χ0v) is 10.4. The van der Waals surface area contributed by atoms with Crippen LogP contribution in [-0.2, 0) is 0 Å². The molecule has 1 N–H and O–H groups in total.